The highest BCUT2D eigenvalue weighted by molar-refractivity contribution is 8.76. The van der Waals surface area contributed by atoms with Crippen molar-refractivity contribution in [1.82, 2.24) is 5.32 Å². The molecule has 0 saturated carbocycles. The van der Waals surface area contributed by atoms with Gasteiger partial charge in [-0.05, 0) is 32.0 Å². The van der Waals surface area contributed by atoms with Gasteiger partial charge in [-0.15, -0.1) is 0 Å². The van der Waals surface area contributed by atoms with Crippen molar-refractivity contribution in [3.8, 4) is 5.75 Å². The molecule has 0 fully saturated rings. The smallest absolute Gasteiger partial charge is 0.328 e. The van der Waals surface area contributed by atoms with Gasteiger partial charge in [0.1, 0.15) is 11.8 Å². The molecule has 1 aromatic rings. The molecule has 1 atom stereocenters. The summed E-state index contributed by atoms with van der Waals surface area (Å²) in [5.41, 5.74) is 10.6. The summed E-state index contributed by atoms with van der Waals surface area (Å²) in [6, 6.07) is 7.16. The van der Waals surface area contributed by atoms with Crippen LogP contribution >= 0.6 is 21.6 Å². The van der Waals surface area contributed by atoms with Crippen LogP contribution in [-0.4, -0.2) is 37.3 Å². The Labute approximate surface area is 145 Å². The summed E-state index contributed by atoms with van der Waals surface area (Å²) in [6.45, 7) is 2.58. The van der Waals surface area contributed by atoms with Crippen molar-refractivity contribution in [2.75, 3.05) is 19.3 Å². The second-order valence-electron chi connectivity index (χ2n) is 4.65. The molecule has 0 saturated heterocycles. The first-order chi connectivity index (χ1) is 11.1. The lowest BCUT2D eigenvalue weighted by Gasteiger charge is -2.16. The largest absolute Gasteiger partial charge is 0.424 e. The summed E-state index contributed by atoms with van der Waals surface area (Å²) in [7, 11) is 5.05. The number of nitrogens with one attached hydrogen (secondary N) is 1. The lowest BCUT2D eigenvalue weighted by molar-refractivity contribution is -0.137. The van der Waals surface area contributed by atoms with Gasteiger partial charge in [0.05, 0.1) is 4.90 Å². The highest BCUT2D eigenvalue weighted by Crippen LogP contribution is 2.37. The number of hydrogen-bond acceptors (Lipinski definition) is 6. The van der Waals surface area contributed by atoms with Gasteiger partial charge in [0, 0.05) is 12.3 Å². The number of rotatable bonds is 10. The number of ether oxygens (including phenoxy) is 1. The number of carbonyl (C=O) groups is 1. The number of hydrogen-bond donors (Lipinski definition) is 3. The first-order valence-electron chi connectivity index (χ1n) is 7.41. The Morgan fingerprint density at radius 2 is 2.13 bits per heavy atom. The van der Waals surface area contributed by atoms with Crippen molar-refractivity contribution in [1.29, 1.82) is 0 Å². The molecule has 6 nitrogen and oxygen atoms in total. The molecule has 0 spiro atoms. The van der Waals surface area contributed by atoms with Gasteiger partial charge in [0.25, 0.3) is 0 Å². The topological polar surface area (TPSA) is 103 Å². The number of aliphatic imine (C=N–C) groups is 1. The third-order valence-electron chi connectivity index (χ3n) is 2.90. The quantitative estimate of drug-likeness (QED) is 0.147. The molecule has 8 heteroatoms. The molecule has 0 aliphatic rings. The van der Waals surface area contributed by atoms with E-state index in [1.807, 2.05) is 24.3 Å². The van der Waals surface area contributed by atoms with E-state index in [0.29, 0.717) is 25.1 Å². The van der Waals surface area contributed by atoms with Gasteiger partial charge in [-0.25, -0.2) is 4.79 Å². The van der Waals surface area contributed by atoms with E-state index in [2.05, 4.69) is 17.2 Å². The second kappa shape index (κ2) is 11.2. The fourth-order valence-electron chi connectivity index (χ4n) is 1.79. The van der Waals surface area contributed by atoms with Gasteiger partial charge >= 0.3 is 5.97 Å². The van der Waals surface area contributed by atoms with Crippen LogP contribution in [0.25, 0.3) is 0 Å². The minimum atomic E-state index is -0.388. The summed E-state index contributed by atoms with van der Waals surface area (Å²) in [6.07, 6.45) is 1.30. The van der Waals surface area contributed by atoms with Crippen LogP contribution in [-0.2, 0) is 4.79 Å². The summed E-state index contributed by atoms with van der Waals surface area (Å²) >= 11 is 0. The minimum Gasteiger partial charge on any atom is -0.424 e. The van der Waals surface area contributed by atoms with Crippen LogP contribution in [0.15, 0.2) is 34.2 Å². The molecule has 0 radical (unpaired) electrons. The van der Waals surface area contributed by atoms with E-state index in [0.717, 1.165) is 10.6 Å². The van der Waals surface area contributed by atoms with E-state index in [4.69, 9.17) is 16.2 Å². The fraction of sp³-hybridized carbons (Fsp3) is 0.467. The van der Waals surface area contributed by atoms with Crippen molar-refractivity contribution in [3.05, 3.63) is 24.3 Å². The van der Waals surface area contributed by atoms with Gasteiger partial charge < -0.3 is 21.5 Å². The zero-order valence-electron chi connectivity index (χ0n) is 13.5. The molecule has 128 valence electrons. The lowest BCUT2D eigenvalue weighted by atomic mass is 10.1. The van der Waals surface area contributed by atoms with Gasteiger partial charge in [-0.2, -0.15) is 0 Å². The van der Waals surface area contributed by atoms with Crippen molar-refractivity contribution in [2.45, 2.75) is 30.7 Å². The molecule has 5 N–H and O–H groups in total. The first kappa shape index (κ1) is 19.7. The summed E-state index contributed by atoms with van der Waals surface area (Å²) in [5, 5.41) is 2.98. The molecule has 0 amide bonds. The fourth-order valence-corrected chi connectivity index (χ4v) is 3.51. The van der Waals surface area contributed by atoms with E-state index < -0.39 is 0 Å². The van der Waals surface area contributed by atoms with E-state index in [1.54, 1.807) is 28.6 Å². The molecule has 0 bridgehead atoms. The Bertz CT molecular complexity index is 522. The lowest BCUT2D eigenvalue weighted by Crippen LogP contribution is -2.37. The third-order valence-corrected chi connectivity index (χ3v) is 5.37. The average Bonchev–Trinajstić information content (AvgIpc) is 2.53. The van der Waals surface area contributed by atoms with Crippen LogP contribution < -0.4 is 21.5 Å². The predicted molar refractivity (Wildman–Crippen MR) is 98.8 cm³/mol. The van der Waals surface area contributed by atoms with Crippen molar-refractivity contribution < 1.29 is 9.53 Å². The maximum atomic E-state index is 12.3. The van der Waals surface area contributed by atoms with Crippen molar-refractivity contribution in [2.24, 2.45) is 16.5 Å². The van der Waals surface area contributed by atoms with Gasteiger partial charge in [-0.3, -0.25) is 4.99 Å². The number of benzene rings is 1. The molecular weight excluding hydrogens is 332 g/mol. The van der Waals surface area contributed by atoms with E-state index >= 15 is 0 Å². The summed E-state index contributed by atoms with van der Waals surface area (Å²) < 4.78 is 5.55. The van der Waals surface area contributed by atoms with Crippen LogP contribution in [0.4, 0.5) is 0 Å². The van der Waals surface area contributed by atoms with E-state index in [1.165, 1.54) is 0 Å². The Balaban J connectivity index is 2.60. The van der Waals surface area contributed by atoms with Crippen LogP contribution in [0.5, 0.6) is 5.75 Å². The maximum absolute atomic E-state index is 12.3. The number of esters is 1. The zero-order chi connectivity index (χ0) is 17.1. The minimum absolute atomic E-state index is 0.0629. The number of guanidine groups is 1. The SMILES string of the molecule is CCSSc1ccccc1OC(=O)[C@H](CCCN=C(N)N)NC. The van der Waals surface area contributed by atoms with Gasteiger partial charge in [0.2, 0.25) is 0 Å². The molecule has 1 aromatic carbocycles. The van der Waals surface area contributed by atoms with Crippen LogP contribution in [0.1, 0.15) is 19.8 Å². The normalized spacial score (nSPS) is 11.7. The molecule has 0 heterocycles. The molecule has 0 unspecified atom stereocenters. The molecule has 1 rings (SSSR count). The predicted octanol–water partition coefficient (Wildman–Crippen LogP) is 1.99. The Hall–Kier alpha value is -1.38. The molecule has 0 aliphatic carbocycles. The average molecular weight is 357 g/mol. The monoisotopic (exact) mass is 356 g/mol. The van der Waals surface area contributed by atoms with Gasteiger partial charge in [-0.1, -0.05) is 40.6 Å². The Kier molecular flexibility index (Phi) is 9.58. The summed E-state index contributed by atoms with van der Waals surface area (Å²) in [4.78, 5) is 17.2. The number of likely N-dealkylation sites (N-methyl/N-ethyl adjacent to an activating group) is 1. The Morgan fingerprint density at radius 3 is 2.78 bits per heavy atom. The third kappa shape index (κ3) is 7.62. The van der Waals surface area contributed by atoms with Gasteiger partial charge in [0.15, 0.2) is 5.96 Å². The maximum Gasteiger partial charge on any atom is 0.328 e. The molecule has 0 aliphatic heterocycles. The first-order valence-corrected chi connectivity index (χ1v) is 9.73. The summed E-state index contributed by atoms with van der Waals surface area (Å²) in [5.74, 6) is 1.34. The number of nitrogens with two attached hydrogens (primary N) is 2. The van der Waals surface area contributed by atoms with Crippen molar-refractivity contribution >= 4 is 33.5 Å². The number of carbonyl (C=O) groups excluding carboxylic acids is 1. The van der Waals surface area contributed by atoms with Crippen molar-refractivity contribution in [3.63, 3.8) is 0 Å². The van der Waals surface area contributed by atoms with Crippen LogP contribution in [0.3, 0.4) is 0 Å². The number of para-hydroxylation sites is 1. The standard InChI is InChI=1S/C15H24N4O2S2/c1-3-22-23-13-9-5-4-8-12(13)21-14(20)11(18-2)7-6-10-19-15(16)17/h4-5,8-9,11,18H,3,6-7,10H2,1-2H3,(H4,16,17,19)/t11-/m0/s1. The highest BCUT2D eigenvalue weighted by Gasteiger charge is 2.19. The van der Waals surface area contributed by atoms with Crippen LogP contribution in [0, 0.1) is 0 Å². The molecular formula is C15H24N4O2S2. The molecule has 0 aromatic heterocycles. The Morgan fingerprint density at radius 1 is 1.39 bits per heavy atom. The zero-order valence-corrected chi connectivity index (χ0v) is 15.1. The highest BCUT2D eigenvalue weighted by atomic mass is 33.1. The van der Waals surface area contributed by atoms with E-state index in [-0.39, 0.29) is 18.0 Å². The number of nitrogens with zero attached hydrogens (tertiary/aromatic N) is 1. The molecule has 23 heavy (non-hydrogen) atoms. The van der Waals surface area contributed by atoms with E-state index in [9.17, 15) is 4.79 Å². The van der Waals surface area contributed by atoms with Crippen LogP contribution in [0.2, 0.25) is 0 Å². The second-order valence-corrected chi connectivity index (χ2v) is 7.27.